The standard InChI is InChI=1S/C8H12N.C2F6NO4S2/c1-3-9-7-5-4-6-8(9)2;3-1(4,5)14(10,11)9-15(12,13)2(6,7)8/h4-7H,3H2,1-2H3;/q+1;-1. The van der Waals surface area contributed by atoms with Crippen LogP contribution in [-0.2, 0) is 26.6 Å². The topological polar surface area (TPSA) is 86.3 Å². The Morgan fingerprint density at radius 2 is 1.38 bits per heavy atom. The average Bonchev–Trinajstić information content (AvgIpc) is 2.36. The summed E-state index contributed by atoms with van der Waals surface area (Å²) in [6, 6.07) is 6.22. The van der Waals surface area contributed by atoms with Gasteiger partial charge in [0.15, 0.2) is 31.9 Å². The van der Waals surface area contributed by atoms with Crippen molar-refractivity contribution in [2.45, 2.75) is 31.4 Å². The molecular weight excluding hydrogens is 390 g/mol. The second-order valence-electron chi connectivity index (χ2n) is 4.04. The lowest BCUT2D eigenvalue weighted by molar-refractivity contribution is -0.699. The lowest BCUT2D eigenvalue weighted by Gasteiger charge is -2.22. The molecule has 0 aliphatic carbocycles. The predicted octanol–water partition coefficient (Wildman–Crippen LogP) is 2.36. The van der Waals surface area contributed by atoms with E-state index >= 15 is 0 Å². The molecule has 0 amide bonds. The second-order valence-corrected chi connectivity index (χ2v) is 7.47. The highest BCUT2D eigenvalue weighted by Gasteiger charge is 2.46. The van der Waals surface area contributed by atoms with Gasteiger partial charge in [-0.15, -0.1) is 0 Å². The molecule has 0 N–H and O–H groups in total. The predicted molar refractivity (Wildman–Crippen MR) is 70.4 cm³/mol. The summed E-state index contributed by atoms with van der Waals surface area (Å²) in [4.78, 5) is 0. The SMILES string of the molecule is CC[n+]1ccccc1C.O=S(=O)([N-]S(=O)(=O)C(F)(F)F)C(F)(F)F. The van der Waals surface area contributed by atoms with Crippen molar-refractivity contribution in [3.8, 4) is 0 Å². The first-order valence-corrected chi connectivity index (χ1v) is 8.75. The molecule has 1 heterocycles. The number of sulfonamides is 2. The normalized spacial score (nSPS) is 13.2. The van der Waals surface area contributed by atoms with Gasteiger partial charge in [-0.2, -0.15) is 26.3 Å². The Morgan fingerprint density at radius 1 is 0.958 bits per heavy atom. The Labute approximate surface area is 134 Å². The summed E-state index contributed by atoms with van der Waals surface area (Å²) in [5.41, 5.74) is -11.1. The Kier molecular flexibility index (Phi) is 7.20. The summed E-state index contributed by atoms with van der Waals surface area (Å²) in [5, 5.41) is 0. The van der Waals surface area contributed by atoms with Gasteiger partial charge in [-0.3, -0.25) is 0 Å². The fourth-order valence-corrected chi connectivity index (χ4v) is 2.84. The van der Waals surface area contributed by atoms with Crippen LogP contribution in [-0.4, -0.2) is 27.9 Å². The number of halogens is 6. The van der Waals surface area contributed by atoms with E-state index in [-0.39, 0.29) is 0 Å². The number of rotatable bonds is 3. The Balaban J connectivity index is 0.000000496. The highest BCUT2D eigenvalue weighted by molar-refractivity contribution is 8.13. The third-order valence-electron chi connectivity index (χ3n) is 2.29. The van der Waals surface area contributed by atoms with Crippen molar-refractivity contribution >= 4 is 20.0 Å². The molecule has 0 spiro atoms. The van der Waals surface area contributed by atoms with Crippen molar-refractivity contribution in [1.82, 2.24) is 0 Å². The van der Waals surface area contributed by atoms with Crippen LogP contribution in [0.15, 0.2) is 24.4 Å². The zero-order chi connectivity index (χ0) is 19.4. The first-order chi connectivity index (χ1) is 10.5. The van der Waals surface area contributed by atoms with Gasteiger partial charge in [-0.1, -0.05) is 6.07 Å². The summed E-state index contributed by atoms with van der Waals surface area (Å²) >= 11 is 0. The molecule has 1 aromatic heterocycles. The van der Waals surface area contributed by atoms with Gasteiger partial charge in [0.25, 0.3) is 0 Å². The van der Waals surface area contributed by atoms with Gasteiger partial charge < -0.3 is 4.13 Å². The minimum Gasteiger partial charge on any atom is -0.421 e. The van der Waals surface area contributed by atoms with Gasteiger partial charge >= 0.3 is 11.0 Å². The number of aryl methyl sites for hydroxylation is 2. The van der Waals surface area contributed by atoms with E-state index in [4.69, 9.17) is 0 Å². The molecule has 0 bridgehead atoms. The van der Waals surface area contributed by atoms with Crippen LogP contribution in [0.25, 0.3) is 4.13 Å². The molecule has 1 aromatic rings. The molecule has 0 radical (unpaired) electrons. The fraction of sp³-hybridized carbons (Fsp3) is 0.500. The smallest absolute Gasteiger partial charge is 0.421 e. The molecule has 1 rings (SSSR count). The largest absolute Gasteiger partial charge is 0.480 e. The summed E-state index contributed by atoms with van der Waals surface area (Å²) < 4.78 is 111. The third kappa shape index (κ3) is 6.24. The van der Waals surface area contributed by atoms with Crippen molar-refractivity contribution in [3.05, 3.63) is 34.2 Å². The number of pyridine rings is 1. The first-order valence-electron chi connectivity index (χ1n) is 5.87. The van der Waals surface area contributed by atoms with E-state index in [2.05, 4.69) is 42.8 Å². The van der Waals surface area contributed by atoms with Crippen molar-refractivity contribution in [1.29, 1.82) is 0 Å². The quantitative estimate of drug-likeness (QED) is 0.574. The van der Waals surface area contributed by atoms with Gasteiger partial charge in [0.2, 0.25) is 0 Å². The van der Waals surface area contributed by atoms with Gasteiger partial charge in [0.05, 0.1) is 0 Å². The van der Waals surface area contributed by atoms with E-state index in [0.717, 1.165) is 10.7 Å². The van der Waals surface area contributed by atoms with Crippen LogP contribution in [0.3, 0.4) is 0 Å². The highest BCUT2D eigenvalue weighted by Crippen LogP contribution is 2.36. The van der Waals surface area contributed by atoms with E-state index in [1.54, 1.807) is 0 Å². The number of nitrogens with zero attached hydrogens (tertiary/aromatic N) is 2. The van der Waals surface area contributed by atoms with Gasteiger partial charge in [-0.25, -0.2) is 21.4 Å². The average molecular weight is 402 g/mol. The summed E-state index contributed by atoms with van der Waals surface area (Å²) in [6.45, 7) is 5.32. The maximum atomic E-state index is 11.4. The molecular formula is C10H12F6N2O4S2. The van der Waals surface area contributed by atoms with Crippen molar-refractivity contribution in [3.63, 3.8) is 0 Å². The lowest BCUT2D eigenvalue weighted by Crippen LogP contribution is -2.34. The van der Waals surface area contributed by atoms with Crippen molar-refractivity contribution < 1.29 is 47.7 Å². The second kappa shape index (κ2) is 7.65. The van der Waals surface area contributed by atoms with Gasteiger partial charge in [0.1, 0.15) is 6.54 Å². The Morgan fingerprint density at radius 3 is 1.62 bits per heavy atom. The van der Waals surface area contributed by atoms with Crippen LogP contribution in [0, 0.1) is 6.92 Å². The molecule has 0 atom stereocenters. The van der Waals surface area contributed by atoms with E-state index in [0.29, 0.717) is 0 Å². The summed E-state index contributed by atoms with van der Waals surface area (Å²) in [7, 11) is -13.4. The van der Waals surface area contributed by atoms with E-state index in [1.165, 1.54) is 5.69 Å². The monoisotopic (exact) mass is 402 g/mol. The number of alkyl halides is 6. The highest BCUT2D eigenvalue weighted by atomic mass is 32.3. The van der Waals surface area contributed by atoms with Crippen LogP contribution >= 0.6 is 0 Å². The van der Waals surface area contributed by atoms with Crippen molar-refractivity contribution in [2.24, 2.45) is 0 Å². The molecule has 24 heavy (non-hydrogen) atoms. The minimum atomic E-state index is -6.72. The maximum absolute atomic E-state index is 11.4. The maximum Gasteiger partial charge on any atom is 0.480 e. The number of hydrogen-bond acceptors (Lipinski definition) is 4. The molecule has 0 aromatic carbocycles. The zero-order valence-corrected chi connectivity index (χ0v) is 13.8. The van der Waals surface area contributed by atoms with E-state index in [9.17, 15) is 43.2 Å². The van der Waals surface area contributed by atoms with Crippen molar-refractivity contribution in [2.75, 3.05) is 0 Å². The minimum absolute atomic E-state index is 0.778. The summed E-state index contributed by atoms with van der Waals surface area (Å²) in [6.07, 6.45) is 2.09. The summed E-state index contributed by atoms with van der Waals surface area (Å²) in [5.74, 6) is 0. The molecule has 0 aliphatic rings. The zero-order valence-electron chi connectivity index (χ0n) is 12.1. The van der Waals surface area contributed by atoms with Crippen LogP contribution in [0.1, 0.15) is 12.6 Å². The van der Waals surface area contributed by atoms with Gasteiger partial charge in [-0.05, 0) is 6.92 Å². The molecule has 140 valence electrons. The molecule has 0 fully saturated rings. The number of aromatic nitrogens is 1. The van der Waals surface area contributed by atoms with E-state index < -0.39 is 31.1 Å². The molecule has 14 heteroatoms. The van der Waals surface area contributed by atoms with Crippen LogP contribution < -0.4 is 4.57 Å². The molecule has 0 aliphatic heterocycles. The molecule has 0 saturated heterocycles. The Hall–Kier alpha value is -1.41. The van der Waals surface area contributed by atoms with E-state index in [1.807, 2.05) is 0 Å². The molecule has 0 unspecified atom stereocenters. The first kappa shape index (κ1) is 22.6. The third-order valence-corrected chi connectivity index (χ3v) is 5.03. The molecule has 6 nitrogen and oxygen atoms in total. The van der Waals surface area contributed by atoms with Gasteiger partial charge in [0, 0.05) is 19.1 Å². The van der Waals surface area contributed by atoms with Crippen LogP contribution in [0.4, 0.5) is 26.3 Å². The lowest BCUT2D eigenvalue weighted by atomic mass is 10.4. The van der Waals surface area contributed by atoms with Crippen LogP contribution in [0.5, 0.6) is 0 Å². The number of hydrogen-bond donors (Lipinski definition) is 0. The molecule has 0 saturated carbocycles. The van der Waals surface area contributed by atoms with Crippen LogP contribution in [0.2, 0.25) is 0 Å². The fourth-order valence-electron chi connectivity index (χ4n) is 1.13. The Bertz CT molecular complexity index is 714.